The van der Waals surface area contributed by atoms with E-state index in [1.165, 1.54) is 0 Å². The molecule has 0 bridgehead atoms. The number of halogens is 15. The molecule has 0 atom stereocenters. The van der Waals surface area contributed by atoms with Crippen LogP contribution in [0.2, 0.25) is 0 Å². The minimum atomic E-state index is -7.86. The molecule has 2 nitrogen and oxygen atoms in total. The molecule has 0 unspecified atom stereocenters. The van der Waals surface area contributed by atoms with E-state index in [-0.39, 0.29) is 0 Å². The maximum absolute atomic E-state index is 13.8. The van der Waals surface area contributed by atoms with Crippen molar-refractivity contribution in [3.63, 3.8) is 0 Å². The maximum Gasteiger partial charge on any atom is 0.441 e. The molecule has 0 radical (unpaired) electrons. The molecule has 0 N–H and O–H groups in total. The molecule has 0 aromatic heterocycles. The van der Waals surface area contributed by atoms with E-state index in [1.807, 2.05) is 0 Å². The Hall–Kier alpha value is -1.72. The first-order chi connectivity index (χ1) is 13.5. The lowest BCUT2D eigenvalue weighted by molar-refractivity contribution is -0.414. The van der Waals surface area contributed by atoms with Crippen molar-refractivity contribution in [3.8, 4) is 12.1 Å². The molecule has 0 aliphatic rings. The molecule has 0 saturated heterocycles. The molecule has 0 aliphatic heterocycles. The molecule has 0 rings (SSSR count). The van der Waals surface area contributed by atoms with Crippen molar-refractivity contribution < 1.29 is 65.9 Å². The van der Waals surface area contributed by atoms with Crippen molar-refractivity contribution >= 4 is 11.8 Å². The topological polar surface area (TPSA) is 47.6 Å². The van der Waals surface area contributed by atoms with Crippen LogP contribution in [0.15, 0.2) is 0 Å². The lowest BCUT2D eigenvalue weighted by atomic mass is 9.79. The predicted octanol–water partition coefficient (Wildman–Crippen LogP) is 6.49. The van der Waals surface area contributed by atoms with Crippen LogP contribution >= 0.6 is 11.8 Å². The van der Waals surface area contributed by atoms with Crippen LogP contribution in [0.3, 0.4) is 0 Å². The fraction of sp³-hybridized carbons (Fsp3) is 0.846. The second-order valence-corrected chi connectivity index (χ2v) is 7.04. The molecule has 0 aliphatic carbocycles. The summed E-state index contributed by atoms with van der Waals surface area (Å²) in [4.78, 5) is 0. The van der Waals surface area contributed by atoms with E-state index in [0.29, 0.717) is 12.1 Å². The summed E-state index contributed by atoms with van der Waals surface area (Å²) < 4.78 is 193. The van der Waals surface area contributed by atoms with Crippen molar-refractivity contribution in [2.45, 2.75) is 54.4 Å². The first kappa shape index (κ1) is 29.3. The SMILES string of the molecule is N#CC(C#N)(CCSC(F)(F)F)CC(F)(F)C(F)(F)C(F)(F)C(F)(F)C(F)(F)C(F)F. The highest BCUT2D eigenvalue weighted by molar-refractivity contribution is 8.00. The third-order valence-corrected chi connectivity index (χ3v) is 4.42. The third-order valence-electron chi connectivity index (χ3n) is 3.69. The van der Waals surface area contributed by atoms with Crippen LogP contribution in [-0.4, -0.2) is 47.3 Å². The van der Waals surface area contributed by atoms with Gasteiger partial charge in [0.2, 0.25) is 0 Å². The standard InChI is InChI=1S/C13H7F15N2S/c14-6(15)9(18,19)11(22,23)12(24,25)10(20,21)8(16,17)3-7(4-29,5-30)1-2-31-13(26,27)28/h6H,1-3H2. The molecule has 0 spiro atoms. The zero-order valence-electron chi connectivity index (χ0n) is 14.2. The first-order valence-corrected chi connectivity index (χ1v) is 8.17. The fourth-order valence-corrected chi connectivity index (χ4v) is 2.59. The highest BCUT2D eigenvalue weighted by Gasteiger charge is 2.88. The van der Waals surface area contributed by atoms with Gasteiger partial charge in [0, 0.05) is 12.2 Å². The van der Waals surface area contributed by atoms with Gasteiger partial charge in [-0.3, -0.25) is 0 Å². The molecule has 0 amide bonds. The molecule has 0 aromatic rings. The van der Waals surface area contributed by atoms with Crippen molar-refractivity contribution in [1.82, 2.24) is 0 Å². The summed E-state index contributed by atoms with van der Waals surface area (Å²) in [5.41, 5.74) is -8.67. The van der Waals surface area contributed by atoms with Crippen LogP contribution in [0.4, 0.5) is 65.9 Å². The van der Waals surface area contributed by atoms with Crippen molar-refractivity contribution in [3.05, 3.63) is 0 Å². The van der Waals surface area contributed by atoms with Gasteiger partial charge in [-0.15, -0.1) is 0 Å². The van der Waals surface area contributed by atoms with Crippen LogP contribution in [0.25, 0.3) is 0 Å². The third kappa shape index (κ3) is 5.38. The summed E-state index contributed by atoms with van der Waals surface area (Å²) in [6.07, 6.45) is -10.4. The van der Waals surface area contributed by atoms with E-state index in [0.717, 1.165) is 0 Å². The predicted molar refractivity (Wildman–Crippen MR) is 72.1 cm³/mol. The van der Waals surface area contributed by atoms with Gasteiger partial charge in [0.05, 0.1) is 12.1 Å². The molecule has 0 aromatic carbocycles. The minimum absolute atomic E-state index is 0.563. The molecule has 0 saturated carbocycles. The number of hydrogen-bond donors (Lipinski definition) is 0. The highest BCUT2D eigenvalue weighted by Crippen LogP contribution is 2.60. The second kappa shape index (κ2) is 8.67. The summed E-state index contributed by atoms with van der Waals surface area (Å²) in [5.74, 6) is -38.4. The second-order valence-electron chi connectivity index (χ2n) is 5.88. The summed E-state index contributed by atoms with van der Waals surface area (Å²) >= 11 is -1.04. The largest absolute Gasteiger partial charge is 0.441 e. The molecule has 0 heterocycles. The van der Waals surface area contributed by atoms with Gasteiger partial charge in [-0.2, -0.15) is 67.6 Å². The first-order valence-electron chi connectivity index (χ1n) is 7.18. The zero-order valence-corrected chi connectivity index (χ0v) is 15.0. The van der Waals surface area contributed by atoms with Crippen LogP contribution in [0, 0.1) is 28.1 Å². The van der Waals surface area contributed by atoms with Crippen LogP contribution in [0.1, 0.15) is 12.8 Å². The Morgan fingerprint density at radius 1 is 0.677 bits per heavy atom. The number of nitriles is 2. The lowest BCUT2D eigenvalue weighted by Gasteiger charge is -2.40. The summed E-state index contributed by atoms with van der Waals surface area (Å²) in [6, 6.07) is 1.13. The Morgan fingerprint density at radius 3 is 1.42 bits per heavy atom. The van der Waals surface area contributed by atoms with Crippen molar-refractivity contribution in [1.29, 1.82) is 10.5 Å². The van der Waals surface area contributed by atoms with E-state index in [2.05, 4.69) is 0 Å². The molecule has 31 heavy (non-hydrogen) atoms. The average molecular weight is 508 g/mol. The summed E-state index contributed by atoms with van der Waals surface area (Å²) in [7, 11) is 0. The average Bonchev–Trinajstić information content (AvgIpc) is 2.58. The van der Waals surface area contributed by atoms with Gasteiger partial charge in [0.25, 0.3) is 0 Å². The summed E-state index contributed by atoms with van der Waals surface area (Å²) in [6.45, 7) is 0. The van der Waals surface area contributed by atoms with E-state index in [1.54, 1.807) is 0 Å². The highest BCUT2D eigenvalue weighted by atomic mass is 32.2. The molecule has 0 fully saturated rings. The Morgan fingerprint density at radius 2 is 1.10 bits per heavy atom. The Kier molecular flexibility index (Phi) is 8.19. The molecule has 18 heteroatoms. The van der Waals surface area contributed by atoms with Crippen LogP contribution in [-0.2, 0) is 0 Å². The zero-order chi connectivity index (χ0) is 25.3. The van der Waals surface area contributed by atoms with Crippen LogP contribution < -0.4 is 0 Å². The molecule has 180 valence electrons. The molecular formula is C13H7F15N2S. The van der Waals surface area contributed by atoms with E-state index in [9.17, 15) is 65.9 Å². The van der Waals surface area contributed by atoms with Gasteiger partial charge < -0.3 is 0 Å². The Bertz CT molecular complexity index is 702. The Labute approximate surface area is 167 Å². The van der Waals surface area contributed by atoms with Crippen molar-refractivity contribution in [2.75, 3.05) is 5.75 Å². The lowest BCUT2D eigenvalue weighted by Crippen LogP contribution is -2.69. The van der Waals surface area contributed by atoms with Gasteiger partial charge in [0.1, 0.15) is 0 Å². The van der Waals surface area contributed by atoms with Gasteiger partial charge in [-0.1, -0.05) is 11.8 Å². The maximum atomic E-state index is 13.8. The smallest absolute Gasteiger partial charge is 0.203 e. The van der Waals surface area contributed by atoms with Gasteiger partial charge >= 0.3 is 41.5 Å². The monoisotopic (exact) mass is 508 g/mol. The van der Waals surface area contributed by atoms with E-state index in [4.69, 9.17) is 10.5 Å². The quantitative estimate of drug-likeness (QED) is 0.317. The number of thioether (sulfide) groups is 1. The van der Waals surface area contributed by atoms with Gasteiger partial charge in [-0.05, 0) is 6.42 Å². The van der Waals surface area contributed by atoms with Gasteiger partial charge in [0.15, 0.2) is 5.41 Å². The number of nitrogens with zero attached hydrogens (tertiary/aromatic N) is 2. The number of alkyl halides is 15. The minimum Gasteiger partial charge on any atom is -0.203 e. The summed E-state index contributed by atoms with van der Waals surface area (Å²) in [5, 5.41) is 17.4. The van der Waals surface area contributed by atoms with E-state index < -0.39 is 77.3 Å². The van der Waals surface area contributed by atoms with Crippen LogP contribution in [0.5, 0.6) is 0 Å². The molecular weight excluding hydrogens is 501 g/mol. The Balaban J connectivity index is 6.16. The fourth-order valence-electron chi connectivity index (χ4n) is 1.91. The number of rotatable bonds is 10. The number of hydrogen-bond acceptors (Lipinski definition) is 3. The normalized spacial score (nSPS) is 15.0. The van der Waals surface area contributed by atoms with Crippen molar-refractivity contribution in [2.24, 2.45) is 5.41 Å². The van der Waals surface area contributed by atoms with E-state index >= 15 is 0 Å². The van der Waals surface area contributed by atoms with Gasteiger partial charge in [-0.25, -0.2) is 8.78 Å².